The third kappa shape index (κ3) is 6.61. The molecule has 8 nitrogen and oxygen atoms in total. The van der Waals surface area contributed by atoms with Crippen LogP contribution in [0.3, 0.4) is 0 Å². The second-order valence-corrected chi connectivity index (χ2v) is 10.3. The normalized spacial score (nSPS) is 13.4. The van der Waals surface area contributed by atoms with Crippen molar-refractivity contribution in [1.82, 2.24) is 19.9 Å². The van der Waals surface area contributed by atoms with Gasteiger partial charge in [-0.15, -0.1) is 0 Å². The first kappa shape index (κ1) is 25.1. The van der Waals surface area contributed by atoms with Gasteiger partial charge in [-0.3, -0.25) is 9.78 Å². The number of carbonyl (C=O) groups is 1. The van der Waals surface area contributed by atoms with E-state index in [2.05, 4.69) is 30.9 Å². The molecule has 1 fully saturated rings. The van der Waals surface area contributed by atoms with E-state index in [-0.39, 0.29) is 5.91 Å². The van der Waals surface area contributed by atoms with E-state index in [0.717, 1.165) is 72.2 Å². The molecule has 0 radical (unpaired) electrons. The Balaban J connectivity index is 1.10. The summed E-state index contributed by atoms with van der Waals surface area (Å²) in [7, 11) is 0. The Kier molecular flexibility index (Phi) is 8.22. The van der Waals surface area contributed by atoms with E-state index >= 15 is 0 Å². The van der Waals surface area contributed by atoms with Gasteiger partial charge in [0.2, 0.25) is 5.95 Å². The molecule has 3 N–H and O–H groups in total. The van der Waals surface area contributed by atoms with Gasteiger partial charge in [-0.2, -0.15) is 16.7 Å². The van der Waals surface area contributed by atoms with Crippen LogP contribution in [-0.4, -0.2) is 63.4 Å². The summed E-state index contributed by atoms with van der Waals surface area (Å²) < 4.78 is 0. The number of pyridine rings is 1. The molecule has 10 heteroatoms. The van der Waals surface area contributed by atoms with E-state index < -0.39 is 0 Å². The number of amides is 1. The molecule has 0 unspecified atom stereocenters. The quantitative estimate of drug-likeness (QED) is 0.242. The maximum atomic E-state index is 12.7. The molecule has 1 aliphatic heterocycles. The second kappa shape index (κ2) is 12.1. The molecule has 0 spiro atoms. The van der Waals surface area contributed by atoms with Crippen molar-refractivity contribution >= 4 is 63.3 Å². The maximum absolute atomic E-state index is 12.7. The van der Waals surface area contributed by atoms with E-state index in [1.165, 1.54) is 0 Å². The van der Waals surface area contributed by atoms with E-state index in [4.69, 9.17) is 11.6 Å². The minimum Gasteiger partial charge on any atom is -0.384 e. The van der Waals surface area contributed by atoms with Crippen molar-refractivity contribution in [3.8, 4) is 0 Å². The number of fused-ring (bicyclic) bond motifs is 1. The SMILES string of the molecule is O=C(c1ccc(Nc2nccc(NCCCNc3ccnc4cc(Cl)ccc34)n2)cc1)N1CCSCC1. The van der Waals surface area contributed by atoms with Crippen LogP contribution in [0, 0.1) is 0 Å². The highest BCUT2D eigenvalue weighted by atomic mass is 35.5. The summed E-state index contributed by atoms with van der Waals surface area (Å²) >= 11 is 7.97. The molecule has 3 heterocycles. The Morgan fingerprint density at radius 3 is 2.57 bits per heavy atom. The second-order valence-electron chi connectivity index (χ2n) is 8.60. The largest absolute Gasteiger partial charge is 0.384 e. The van der Waals surface area contributed by atoms with Crippen molar-refractivity contribution in [3.63, 3.8) is 0 Å². The van der Waals surface area contributed by atoms with Gasteiger partial charge < -0.3 is 20.9 Å². The van der Waals surface area contributed by atoms with Crippen molar-refractivity contribution in [3.05, 3.63) is 77.6 Å². The maximum Gasteiger partial charge on any atom is 0.253 e. The first-order valence-corrected chi connectivity index (χ1v) is 13.8. The molecule has 1 amide bonds. The third-order valence-electron chi connectivity index (χ3n) is 6.02. The van der Waals surface area contributed by atoms with Gasteiger partial charge in [0.25, 0.3) is 5.91 Å². The van der Waals surface area contributed by atoms with Gasteiger partial charge in [-0.25, -0.2) is 4.98 Å². The van der Waals surface area contributed by atoms with Crippen molar-refractivity contribution in [1.29, 1.82) is 0 Å². The van der Waals surface area contributed by atoms with Crippen LogP contribution < -0.4 is 16.0 Å². The summed E-state index contributed by atoms with van der Waals surface area (Å²) in [5, 5.41) is 11.8. The van der Waals surface area contributed by atoms with Crippen molar-refractivity contribution < 1.29 is 4.79 Å². The van der Waals surface area contributed by atoms with E-state index in [9.17, 15) is 4.79 Å². The number of nitrogens with one attached hydrogen (secondary N) is 3. The summed E-state index contributed by atoms with van der Waals surface area (Å²) in [5.41, 5.74) is 3.45. The van der Waals surface area contributed by atoms with Crippen LogP contribution >= 0.6 is 23.4 Å². The van der Waals surface area contributed by atoms with Crippen LogP contribution in [0.5, 0.6) is 0 Å². The molecule has 5 rings (SSSR count). The van der Waals surface area contributed by atoms with Crippen LogP contribution in [0.1, 0.15) is 16.8 Å². The minimum atomic E-state index is 0.0882. The summed E-state index contributed by atoms with van der Waals surface area (Å²) in [6.45, 7) is 3.17. The summed E-state index contributed by atoms with van der Waals surface area (Å²) in [6, 6.07) is 17.0. The standard InChI is InChI=1S/C27H28ClN7OS/c28-20-4-7-22-23(8-12-30-24(22)18-20)29-10-1-11-31-25-9-13-32-27(34-25)33-21-5-2-19(3-6-21)26(36)35-14-16-37-17-15-35/h2-9,12-13,18H,1,10-11,14-17H2,(H,29,30)(H2,31,32,33,34). The van der Waals surface area contributed by atoms with Gasteiger partial charge in [-0.05, 0) is 61.0 Å². The molecule has 190 valence electrons. The average molecular weight is 534 g/mol. The number of benzene rings is 2. The summed E-state index contributed by atoms with van der Waals surface area (Å²) in [5.74, 6) is 3.33. The van der Waals surface area contributed by atoms with Crippen LogP contribution in [0.25, 0.3) is 10.9 Å². The van der Waals surface area contributed by atoms with Gasteiger partial charge in [-0.1, -0.05) is 11.6 Å². The first-order valence-electron chi connectivity index (χ1n) is 12.2. The zero-order valence-electron chi connectivity index (χ0n) is 20.3. The lowest BCUT2D eigenvalue weighted by atomic mass is 10.2. The van der Waals surface area contributed by atoms with E-state index in [0.29, 0.717) is 16.5 Å². The molecule has 0 bridgehead atoms. The molecule has 0 aliphatic carbocycles. The van der Waals surface area contributed by atoms with Gasteiger partial charge in [0.05, 0.1) is 5.52 Å². The number of carbonyl (C=O) groups excluding carboxylic acids is 1. The van der Waals surface area contributed by atoms with Gasteiger partial charge >= 0.3 is 0 Å². The molecule has 0 saturated carbocycles. The lowest BCUT2D eigenvalue weighted by molar-refractivity contribution is 0.0772. The lowest BCUT2D eigenvalue weighted by Gasteiger charge is -2.26. The predicted molar refractivity (Wildman–Crippen MR) is 153 cm³/mol. The minimum absolute atomic E-state index is 0.0882. The number of hydrogen-bond donors (Lipinski definition) is 3. The Morgan fingerprint density at radius 1 is 0.946 bits per heavy atom. The van der Waals surface area contributed by atoms with Crippen LogP contribution in [0.15, 0.2) is 67.0 Å². The third-order valence-corrected chi connectivity index (χ3v) is 7.20. The van der Waals surface area contributed by atoms with Crippen LogP contribution in [0.4, 0.5) is 23.1 Å². The summed E-state index contributed by atoms with van der Waals surface area (Å²) in [4.78, 5) is 27.8. The number of hydrogen-bond acceptors (Lipinski definition) is 8. The molecule has 0 atom stereocenters. The highest BCUT2D eigenvalue weighted by Gasteiger charge is 2.18. The topological polar surface area (TPSA) is 95.1 Å². The van der Waals surface area contributed by atoms with Crippen molar-refractivity contribution in [2.75, 3.05) is 53.6 Å². The number of nitrogens with zero attached hydrogens (tertiary/aromatic N) is 4. The molecule has 1 saturated heterocycles. The Labute approximate surface area is 225 Å². The highest BCUT2D eigenvalue weighted by molar-refractivity contribution is 7.99. The Bertz CT molecular complexity index is 1360. The van der Waals surface area contributed by atoms with Gasteiger partial charge in [0, 0.05) is 77.4 Å². The van der Waals surface area contributed by atoms with Gasteiger partial charge in [0.15, 0.2) is 0 Å². The summed E-state index contributed by atoms with van der Waals surface area (Å²) in [6.07, 6.45) is 4.40. The lowest BCUT2D eigenvalue weighted by Crippen LogP contribution is -2.37. The molecule has 2 aromatic carbocycles. The average Bonchev–Trinajstić information content (AvgIpc) is 2.93. The van der Waals surface area contributed by atoms with E-state index in [1.54, 1.807) is 12.4 Å². The molecule has 1 aliphatic rings. The fraction of sp³-hybridized carbons (Fsp3) is 0.259. The van der Waals surface area contributed by atoms with Crippen molar-refractivity contribution in [2.24, 2.45) is 0 Å². The molecule has 37 heavy (non-hydrogen) atoms. The molecule has 4 aromatic rings. The molecular formula is C27H28ClN7OS. The van der Waals surface area contributed by atoms with Crippen molar-refractivity contribution in [2.45, 2.75) is 6.42 Å². The highest BCUT2D eigenvalue weighted by Crippen LogP contribution is 2.24. The van der Waals surface area contributed by atoms with Crippen LogP contribution in [-0.2, 0) is 0 Å². The monoisotopic (exact) mass is 533 g/mol. The number of halogens is 1. The predicted octanol–water partition coefficient (Wildman–Crippen LogP) is 5.52. The van der Waals surface area contributed by atoms with E-state index in [1.807, 2.05) is 71.3 Å². The number of aromatic nitrogens is 3. The first-order chi connectivity index (χ1) is 18.2. The number of rotatable bonds is 9. The smallest absolute Gasteiger partial charge is 0.253 e. The fourth-order valence-electron chi connectivity index (χ4n) is 4.09. The zero-order valence-corrected chi connectivity index (χ0v) is 21.9. The van der Waals surface area contributed by atoms with Gasteiger partial charge in [0.1, 0.15) is 5.82 Å². The number of anilines is 4. The Hall–Kier alpha value is -3.56. The fourth-order valence-corrected chi connectivity index (χ4v) is 5.16. The molecular weight excluding hydrogens is 506 g/mol. The Morgan fingerprint density at radius 2 is 1.73 bits per heavy atom. The zero-order chi connectivity index (χ0) is 25.5. The van der Waals surface area contributed by atoms with Crippen LogP contribution in [0.2, 0.25) is 5.02 Å². The number of thioether (sulfide) groups is 1. The molecule has 2 aromatic heterocycles.